The van der Waals surface area contributed by atoms with Gasteiger partial charge in [0.05, 0.1) is 29.2 Å². The molecule has 1 atom stereocenters. The number of methoxy groups -OCH3 is 1. The third-order valence-corrected chi connectivity index (χ3v) is 7.67. The molecule has 11 nitrogen and oxygen atoms in total. The molecule has 0 spiro atoms. The van der Waals surface area contributed by atoms with E-state index >= 15 is 0 Å². The minimum absolute atomic E-state index is 0.0132. The predicted molar refractivity (Wildman–Crippen MR) is 137 cm³/mol. The van der Waals surface area contributed by atoms with E-state index in [1.165, 1.54) is 20.2 Å². The highest BCUT2D eigenvalue weighted by Crippen LogP contribution is 2.43. The molecule has 0 bridgehead atoms. The second-order valence-corrected chi connectivity index (χ2v) is 10.9. The van der Waals surface area contributed by atoms with E-state index in [0.717, 1.165) is 24.2 Å². The van der Waals surface area contributed by atoms with Gasteiger partial charge in [-0.25, -0.2) is 32.9 Å². The summed E-state index contributed by atoms with van der Waals surface area (Å²) in [4.78, 5) is 28.5. The van der Waals surface area contributed by atoms with Crippen LogP contribution >= 0.6 is 11.6 Å². The zero-order valence-electron chi connectivity index (χ0n) is 20.3. The summed E-state index contributed by atoms with van der Waals surface area (Å²) in [5.41, 5.74) is 2.91. The van der Waals surface area contributed by atoms with Gasteiger partial charge in [-0.1, -0.05) is 11.6 Å². The number of halogens is 1. The van der Waals surface area contributed by atoms with Crippen LogP contribution in [0, 0.1) is 6.92 Å². The lowest BCUT2D eigenvalue weighted by atomic mass is 10.1. The van der Waals surface area contributed by atoms with Gasteiger partial charge < -0.3 is 20.4 Å². The number of alkyl carbamates (subject to hydrolysis) is 1. The highest BCUT2D eigenvalue weighted by molar-refractivity contribution is 7.89. The number of aromatic nitrogens is 4. The Morgan fingerprint density at radius 2 is 2.06 bits per heavy atom. The lowest BCUT2D eigenvalue weighted by Crippen LogP contribution is -2.37. The fourth-order valence-corrected chi connectivity index (χ4v) is 5.08. The van der Waals surface area contributed by atoms with Gasteiger partial charge in [0.15, 0.2) is 0 Å². The van der Waals surface area contributed by atoms with E-state index in [-0.39, 0.29) is 16.0 Å². The zero-order chi connectivity index (χ0) is 26.0. The minimum atomic E-state index is -3.78. The van der Waals surface area contributed by atoms with Gasteiger partial charge >= 0.3 is 6.09 Å². The number of anilines is 1. The third-order valence-electron chi connectivity index (χ3n) is 5.71. The Hall–Kier alpha value is -3.22. The van der Waals surface area contributed by atoms with Crippen LogP contribution < -0.4 is 15.4 Å². The molecule has 1 amide bonds. The summed E-state index contributed by atoms with van der Waals surface area (Å²) in [6, 6.07) is 4.85. The predicted octanol–water partition coefficient (Wildman–Crippen LogP) is 3.44. The quantitative estimate of drug-likeness (QED) is 0.326. The van der Waals surface area contributed by atoms with Crippen molar-refractivity contribution in [3.05, 3.63) is 40.8 Å². The first-order valence-electron chi connectivity index (χ1n) is 11.4. The Kier molecular flexibility index (Phi) is 7.48. The molecule has 1 aliphatic carbocycles. The monoisotopic (exact) mass is 533 g/mol. The van der Waals surface area contributed by atoms with Crippen LogP contribution in [0.1, 0.15) is 37.1 Å². The second kappa shape index (κ2) is 10.4. The molecule has 0 radical (unpaired) electrons. The maximum Gasteiger partial charge on any atom is 0.407 e. The summed E-state index contributed by atoms with van der Waals surface area (Å²) in [5.74, 6) is 1.47. The smallest absolute Gasteiger partial charge is 0.407 e. The van der Waals surface area contributed by atoms with E-state index in [9.17, 15) is 13.2 Å². The van der Waals surface area contributed by atoms with Gasteiger partial charge in [0.25, 0.3) is 0 Å². The van der Waals surface area contributed by atoms with E-state index in [1.807, 2.05) is 13.0 Å². The number of sulfonamides is 1. The van der Waals surface area contributed by atoms with Crippen LogP contribution in [0.15, 0.2) is 29.3 Å². The topological polar surface area (TPSA) is 151 Å². The normalized spacial score (nSPS) is 14.4. The summed E-state index contributed by atoms with van der Waals surface area (Å²) in [5, 5.41) is 5.85. The number of ether oxygens (including phenoxy) is 1. The van der Waals surface area contributed by atoms with Crippen molar-refractivity contribution in [1.29, 1.82) is 0 Å². The highest BCUT2D eigenvalue weighted by atomic mass is 35.5. The number of aryl methyl sites for hydroxylation is 1. The van der Waals surface area contributed by atoms with E-state index in [2.05, 4.69) is 35.0 Å². The number of nitrogens with one attached hydrogen (secondary N) is 4. The average Bonchev–Trinajstić information content (AvgIpc) is 3.62. The minimum Gasteiger partial charge on any atom is -0.453 e. The van der Waals surface area contributed by atoms with Crippen molar-refractivity contribution in [2.75, 3.05) is 26.0 Å². The molecule has 1 aliphatic rings. The molecule has 4 N–H and O–H groups in total. The maximum atomic E-state index is 12.6. The molecule has 1 fully saturated rings. The maximum absolute atomic E-state index is 12.6. The fourth-order valence-electron chi connectivity index (χ4n) is 3.67. The zero-order valence-corrected chi connectivity index (χ0v) is 21.9. The summed E-state index contributed by atoms with van der Waals surface area (Å²) in [7, 11) is -1.14. The standard InChI is InChI=1S/C23H28ClN7O4S/c1-12-9-15(18(24)17(10-12)36(33,34)25-3)19-20(31-21(30-19)14-5-6-14)16-7-8-26-22(29-16)27-11-13(2)28-23(32)35-4/h7-10,13-14,25H,5-6,11H2,1-4H3,(H,28,32)(H,30,31)(H,26,27,29)/t13-/m0/s1. The third kappa shape index (κ3) is 5.61. The molecular formula is C23H28ClN7O4S. The summed E-state index contributed by atoms with van der Waals surface area (Å²) in [6.45, 7) is 3.99. The van der Waals surface area contributed by atoms with Crippen molar-refractivity contribution in [2.45, 2.75) is 43.5 Å². The molecule has 2 heterocycles. The SMILES string of the molecule is CNS(=O)(=O)c1cc(C)cc(-c2nc(C3CC3)[nH]c2-c2ccnc(NC[C@H](C)NC(=O)OC)n2)c1Cl. The Morgan fingerprint density at radius 3 is 2.72 bits per heavy atom. The van der Waals surface area contributed by atoms with Gasteiger partial charge in [-0.05, 0) is 57.5 Å². The molecule has 36 heavy (non-hydrogen) atoms. The van der Waals surface area contributed by atoms with Crippen molar-refractivity contribution in [2.24, 2.45) is 0 Å². The lowest BCUT2D eigenvalue weighted by Gasteiger charge is -2.14. The lowest BCUT2D eigenvalue weighted by molar-refractivity contribution is 0.168. The molecule has 192 valence electrons. The molecule has 4 rings (SSSR count). The first kappa shape index (κ1) is 25.9. The number of hydrogen-bond donors (Lipinski definition) is 4. The number of aromatic amines is 1. The Bertz CT molecular complexity index is 1390. The Morgan fingerprint density at radius 1 is 1.31 bits per heavy atom. The van der Waals surface area contributed by atoms with Crippen molar-refractivity contribution in [3.63, 3.8) is 0 Å². The van der Waals surface area contributed by atoms with Crippen LogP contribution in [0.4, 0.5) is 10.7 Å². The van der Waals surface area contributed by atoms with Crippen LogP contribution in [0.3, 0.4) is 0 Å². The second-order valence-electron chi connectivity index (χ2n) is 8.64. The number of H-pyrrole nitrogens is 1. The summed E-state index contributed by atoms with van der Waals surface area (Å²) in [6.07, 6.45) is 3.13. The van der Waals surface area contributed by atoms with Gasteiger partial charge in [-0.3, -0.25) is 0 Å². The number of carbonyl (C=O) groups is 1. The van der Waals surface area contributed by atoms with Crippen LogP contribution in [0.25, 0.3) is 22.6 Å². The van der Waals surface area contributed by atoms with Gasteiger partial charge in [-0.2, -0.15) is 0 Å². The van der Waals surface area contributed by atoms with Crippen LogP contribution in [0.2, 0.25) is 5.02 Å². The largest absolute Gasteiger partial charge is 0.453 e. The van der Waals surface area contributed by atoms with E-state index in [1.54, 1.807) is 19.2 Å². The molecule has 0 unspecified atom stereocenters. The first-order chi connectivity index (χ1) is 17.1. The first-order valence-corrected chi connectivity index (χ1v) is 13.2. The molecular weight excluding hydrogens is 506 g/mol. The van der Waals surface area contributed by atoms with Crippen molar-refractivity contribution in [1.82, 2.24) is 30.0 Å². The van der Waals surface area contributed by atoms with E-state index in [0.29, 0.717) is 41.1 Å². The number of benzene rings is 1. The Labute approximate surface area is 214 Å². The van der Waals surface area contributed by atoms with Crippen LogP contribution in [0.5, 0.6) is 0 Å². The molecule has 0 aliphatic heterocycles. The summed E-state index contributed by atoms with van der Waals surface area (Å²) >= 11 is 6.65. The van der Waals surface area contributed by atoms with Gasteiger partial charge in [0.2, 0.25) is 16.0 Å². The number of imidazole rings is 1. The van der Waals surface area contributed by atoms with Gasteiger partial charge in [0.1, 0.15) is 10.7 Å². The van der Waals surface area contributed by atoms with Crippen LogP contribution in [-0.2, 0) is 14.8 Å². The van der Waals surface area contributed by atoms with Gasteiger partial charge in [0, 0.05) is 30.3 Å². The van der Waals surface area contributed by atoms with Gasteiger partial charge in [-0.15, -0.1) is 0 Å². The Balaban J connectivity index is 1.73. The number of amides is 1. The van der Waals surface area contributed by atoms with Crippen molar-refractivity contribution in [3.8, 4) is 22.6 Å². The molecule has 3 aromatic rings. The van der Waals surface area contributed by atoms with E-state index < -0.39 is 16.1 Å². The van der Waals surface area contributed by atoms with E-state index in [4.69, 9.17) is 16.6 Å². The fraction of sp³-hybridized carbons (Fsp3) is 0.391. The molecule has 1 saturated carbocycles. The highest BCUT2D eigenvalue weighted by Gasteiger charge is 2.30. The van der Waals surface area contributed by atoms with Crippen molar-refractivity contribution < 1.29 is 17.9 Å². The molecule has 2 aromatic heterocycles. The molecule has 1 aromatic carbocycles. The number of rotatable bonds is 9. The number of carbonyl (C=O) groups excluding carboxylic acids is 1. The number of nitrogens with zero attached hydrogens (tertiary/aromatic N) is 3. The number of hydrogen-bond acceptors (Lipinski definition) is 8. The average molecular weight is 534 g/mol. The molecule has 0 saturated heterocycles. The van der Waals surface area contributed by atoms with Crippen molar-refractivity contribution >= 4 is 33.7 Å². The molecule has 13 heteroatoms. The summed E-state index contributed by atoms with van der Waals surface area (Å²) < 4.78 is 32.2. The van der Waals surface area contributed by atoms with Crippen LogP contribution in [-0.4, -0.2) is 61.2 Å².